The van der Waals surface area contributed by atoms with Crippen molar-refractivity contribution in [1.29, 1.82) is 0 Å². The van der Waals surface area contributed by atoms with E-state index in [1.54, 1.807) is 27.6 Å². The lowest BCUT2D eigenvalue weighted by molar-refractivity contribution is -0.914. The van der Waals surface area contributed by atoms with E-state index in [9.17, 15) is 0 Å². The zero-order valence-electron chi connectivity index (χ0n) is 12.7. The molecule has 5 nitrogen and oxygen atoms in total. The zero-order valence-corrected chi connectivity index (χ0v) is 14.3. The smallest absolute Gasteiger partial charge is 0.225 e. The topological polar surface area (TPSA) is 46.4 Å². The van der Waals surface area contributed by atoms with Gasteiger partial charge in [-0.15, -0.1) is 22.7 Å². The van der Waals surface area contributed by atoms with Crippen LogP contribution >= 0.6 is 22.7 Å². The molecule has 1 aliphatic rings. The number of nitrogens with one attached hydrogen (secondary N) is 1. The molecule has 4 heterocycles. The summed E-state index contributed by atoms with van der Waals surface area (Å²) in [6.07, 6.45) is 3.62. The van der Waals surface area contributed by atoms with Crippen LogP contribution in [-0.2, 0) is 6.54 Å². The first kappa shape index (κ1) is 14.7. The highest BCUT2D eigenvalue weighted by Gasteiger charge is 2.22. The zero-order chi connectivity index (χ0) is 15.5. The van der Waals surface area contributed by atoms with Gasteiger partial charge in [0, 0.05) is 17.8 Å². The van der Waals surface area contributed by atoms with Gasteiger partial charge in [-0.05, 0) is 17.5 Å². The molecule has 0 aromatic carbocycles. The molecule has 0 unspecified atom stereocenters. The van der Waals surface area contributed by atoms with Gasteiger partial charge in [0.25, 0.3) is 0 Å². The van der Waals surface area contributed by atoms with E-state index in [2.05, 4.69) is 37.8 Å². The summed E-state index contributed by atoms with van der Waals surface area (Å²) >= 11 is 3.50. The Kier molecular flexibility index (Phi) is 4.32. The fraction of sp³-hybridized carbons (Fsp3) is 0.312. The Balaban J connectivity index is 1.35. The van der Waals surface area contributed by atoms with E-state index in [0.717, 1.165) is 43.7 Å². The SMILES string of the molecule is c1cnc(N2CC[NH+](Cc3csc(-c4cccs4)n3)CC2)nc1. The van der Waals surface area contributed by atoms with Crippen molar-refractivity contribution in [3.8, 4) is 9.88 Å². The number of hydrogen-bond donors (Lipinski definition) is 1. The molecule has 1 saturated heterocycles. The molecule has 0 spiro atoms. The van der Waals surface area contributed by atoms with Gasteiger partial charge in [0.15, 0.2) is 0 Å². The molecule has 0 bridgehead atoms. The Morgan fingerprint density at radius 2 is 1.91 bits per heavy atom. The number of quaternary nitrogens is 1. The highest BCUT2D eigenvalue weighted by Crippen LogP contribution is 2.27. The number of rotatable bonds is 4. The summed E-state index contributed by atoms with van der Waals surface area (Å²) < 4.78 is 0. The highest BCUT2D eigenvalue weighted by molar-refractivity contribution is 7.20. The number of anilines is 1. The monoisotopic (exact) mass is 344 g/mol. The largest absolute Gasteiger partial charge is 0.330 e. The first-order valence-corrected chi connectivity index (χ1v) is 9.48. The number of aromatic nitrogens is 3. The standard InChI is InChI=1S/C16H17N5S2/c1-3-14(22-10-1)15-19-13(12-23-15)11-20-6-8-21(9-7-20)16-17-4-2-5-18-16/h1-5,10,12H,6-9,11H2/p+1. The molecular weight excluding hydrogens is 326 g/mol. The molecule has 118 valence electrons. The summed E-state index contributed by atoms with van der Waals surface area (Å²) in [5.74, 6) is 0.847. The van der Waals surface area contributed by atoms with Crippen LogP contribution in [0.25, 0.3) is 9.88 Å². The van der Waals surface area contributed by atoms with Gasteiger partial charge in [0.2, 0.25) is 5.95 Å². The van der Waals surface area contributed by atoms with Crippen molar-refractivity contribution in [2.24, 2.45) is 0 Å². The molecule has 3 aromatic heterocycles. The molecule has 0 atom stereocenters. The van der Waals surface area contributed by atoms with Gasteiger partial charge in [-0.25, -0.2) is 15.0 Å². The number of nitrogens with zero attached hydrogens (tertiary/aromatic N) is 4. The van der Waals surface area contributed by atoms with E-state index < -0.39 is 0 Å². The average Bonchev–Trinajstić information content (AvgIpc) is 3.28. The van der Waals surface area contributed by atoms with Crippen molar-refractivity contribution >= 4 is 28.6 Å². The second kappa shape index (κ2) is 6.74. The van der Waals surface area contributed by atoms with Gasteiger partial charge in [-0.2, -0.15) is 0 Å². The van der Waals surface area contributed by atoms with Crippen LogP contribution in [0.3, 0.4) is 0 Å². The quantitative estimate of drug-likeness (QED) is 0.780. The van der Waals surface area contributed by atoms with Gasteiger partial charge < -0.3 is 9.80 Å². The van der Waals surface area contributed by atoms with Crippen molar-refractivity contribution in [1.82, 2.24) is 15.0 Å². The first-order chi connectivity index (χ1) is 11.4. The van der Waals surface area contributed by atoms with E-state index in [1.165, 1.54) is 10.6 Å². The third-order valence-corrected chi connectivity index (χ3v) is 5.95. The van der Waals surface area contributed by atoms with E-state index in [0.29, 0.717) is 0 Å². The summed E-state index contributed by atoms with van der Waals surface area (Å²) in [4.78, 5) is 18.6. The summed E-state index contributed by atoms with van der Waals surface area (Å²) in [6.45, 7) is 5.21. The van der Waals surface area contributed by atoms with Gasteiger partial charge in [-0.1, -0.05) is 6.07 Å². The molecule has 0 radical (unpaired) electrons. The van der Waals surface area contributed by atoms with Crippen molar-refractivity contribution < 1.29 is 4.90 Å². The van der Waals surface area contributed by atoms with Crippen LogP contribution in [0.1, 0.15) is 5.69 Å². The van der Waals surface area contributed by atoms with E-state index in [-0.39, 0.29) is 0 Å². The van der Waals surface area contributed by atoms with Gasteiger partial charge in [0.05, 0.1) is 31.1 Å². The van der Waals surface area contributed by atoms with Gasteiger partial charge >= 0.3 is 0 Å². The summed E-state index contributed by atoms with van der Waals surface area (Å²) in [7, 11) is 0. The van der Waals surface area contributed by atoms with Crippen molar-refractivity contribution in [3.05, 3.63) is 47.0 Å². The van der Waals surface area contributed by atoms with Crippen LogP contribution in [0.15, 0.2) is 41.4 Å². The highest BCUT2D eigenvalue weighted by atomic mass is 32.1. The van der Waals surface area contributed by atoms with E-state index in [1.807, 2.05) is 18.5 Å². The second-order valence-corrected chi connectivity index (χ2v) is 7.39. The van der Waals surface area contributed by atoms with E-state index in [4.69, 9.17) is 4.98 Å². The summed E-state index contributed by atoms with van der Waals surface area (Å²) in [6, 6.07) is 6.08. The minimum absolute atomic E-state index is 0.847. The Morgan fingerprint density at radius 3 is 2.65 bits per heavy atom. The molecule has 0 saturated carbocycles. The number of piperazine rings is 1. The van der Waals surface area contributed by atoms with Crippen LogP contribution in [0.5, 0.6) is 0 Å². The molecule has 7 heteroatoms. The molecule has 1 fully saturated rings. The molecule has 4 rings (SSSR count). The maximum absolute atomic E-state index is 4.79. The minimum atomic E-state index is 0.847. The van der Waals surface area contributed by atoms with Gasteiger partial charge in [-0.3, -0.25) is 0 Å². The van der Waals surface area contributed by atoms with Crippen molar-refractivity contribution in [2.45, 2.75) is 6.54 Å². The van der Waals surface area contributed by atoms with Crippen LogP contribution in [0.4, 0.5) is 5.95 Å². The Labute approximate surface area is 143 Å². The second-order valence-electron chi connectivity index (χ2n) is 5.58. The molecule has 1 N–H and O–H groups in total. The number of thiazole rings is 1. The average molecular weight is 344 g/mol. The number of thiophene rings is 1. The summed E-state index contributed by atoms with van der Waals surface area (Å²) in [5, 5.41) is 5.45. The lowest BCUT2D eigenvalue weighted by atomic mass is 10.3. The Hall–Kier alpha value is -1.83. The molecule has 3 aromatic rings. The summed E-state index contributed by atoms with van der Waals surface area (Å²) in [5.41, 5.74) is 1.21. The molecule has 1 aliphatic heterocycles. The third-order valence-electron chi connectivity index (χ3n) is 4.02. The van der Waals surface area contributed by atoms with Crippen molar-refractivity contribution in [2.75, 3.05) is 31.1 Å². The lowest BCUT2D eigenvalue weighted by Crippen LogP contribution is -3.13. The van der Waals surface area contributed by atoms with Crippen LogP contribution < -0.4 is 9.80 Å². The van der Waals surface area contributed by atoms with E-state index >= 15 is 0 Å². The molecule has 0 aliphatic carbocycles. The molecule has 0 amide bonds. The van der Waals surface area contributed by atoms with Crippen LogP contribution in [0.2, 0.25) is 0 Å². The molecule has 23 heavy (non-hydrogen) atoms. The fourth-order valence-electron chi connectivity index (χ4n) is 2.81. The predicted molar refractivity (Wildman–Crippen MR) is 94.1 cm³/mol. The molecular formula is C16H18N5S2+. The fourth-order valence-corrected chi connectivity index (χ4v) is 4.45. The van der Waals surface area contributed by atoms with Crippen LogP contribution in [-0.4, -0.2) is 41.1 Å². The normalized spacial score (nSPS) is 15.9. The maximum Gasteiger partial charge on any atom is 0.225 e. The number of hydrogen-bond acceptors (Lipinski definition) is 6. The van der Waals surface area contributed by atoms with Crippen molar-refractivity contribution in [3.63, 3.8) is 0 Å². The first-order valence-electron chi connectivity index (χ1n) is 7.72. The predicted octanol–water partition coefficient (Wildman–Crippen LogP) is 1.57. The van der Waals surface area contributed by atoms with Gasteiger partial charge in [0.1, 0.15) is 17.2 Å². The third kappa shape index (κ3) is 3.41. The van der Waals surface area contributed by atoms with Crippen LogP contribution in [0, 0.1) is 0 Å². The maximum atomic E-state index is 4.79. The Morgan fingerprint density at radius 1 is 1.09 bits per heavy atom. The lowest BCUT2D eigenvalue weighted by Gasteiger charge is -2.31. The Bertz CT molecular complexity index is 733. The minimum Gasteiger partial charge on any atom is -0.330 e.